The fraction of sp³-hybridized carbons (Fsp3) is 0.467. The molecule has 0 N–H and O–H groups in total. The van der Waals surface area contributed by atoms with Crippen LogP contribution in [0.1, 0.15) is 250 Å². The lowest BCUT2D eigenvalue weighted by molar-refractivity contribution is -0.144. The van der Waals surface area contributed by atoms with Gasteiger partial charge in [0.25, 0.3) is 0 Å². The molecule has 672 valence electrons. The molecule has 2 aliphatic heterocycles. The molecule has 0 unspecified atom stereocenters. The van der Waals surface area contributed by atoms with Gasteiger partial charge in [0.1, 0.15) is 23.0 Å². The maximum atomic E-state index is 11.3. The van der Waals surface area contributed by atoms with Crippen LogP contribution in [0.15, 0.2) is 164 Å². The molecule has 0 saturated carbocycles. The van der Waals surface area contributed by atoms with Crippen molar-refractivity contribution in [2.75, 3.05) is 52.9 Å². The van der Waals surface area contributed by atoms with Crippen molar-refractivity contribution in [1.29, 1.82) is 0 Å². The third-order valence-corrected chi connectivity index (χ3v) is 29.6. The van der Waals surface area contributed by atoms with Gasteiger partial charge in [0, 0.05) is 39.9 Å². The summed E-state index contributed by atoms with van der Waals surface area (Å²) in [5, 5.41) is 5.50. The van der Waals surface area contributed by atoms with Crippen LogP contribution < -0.4 is 44.6 Å². The van der Waals surface area contributed by atoms with E-state index in [1.807, 2.05) is 42.5 Å². The first-order valence-corrected chi connectivity index (χ1v) is 50.2. The molecule has 0 atom stereocenters. The lowest BCUT2D eigenvalue weighted by Gasteiger charge is -2.43. The number of benzene rings is 9. The summed E-state index contributed by atoms with van der Waals surface area (Å²) in [5.74, 6) is 3.31. The van der Waals surface area contributed by atoms with Gasteiger partial charge in [-0.3, -0.25) is 9.59 Å². The van der Waals surface area contributed by atoms with Crippen molar-refractivity contribution >= 4 is 80.3 Å². The zero-order valence-corrected chi connectivity index (χ0v) is 84.3. The summed E-state index contributed by atoms with van der Waals surface area (Å²) in [6, 6.07) is 57.5. The third kappa shape index (κ3) is 29.5. The smallest absolute Gasteiger partial charge is 0.326 e. The van der Waals surface area contributed by atoms with E-state index in [0.717, 1.165) is 64.6 Å². The van der Waals surface area contributed by atoms with Gasteiger partial charge in [-0.05, 0) is 281 Å². The van der Waals surface area contributed by atoms with Gasteiger partial charge in [-0.1, -0.05) is 226 Å². The Morgan fingerprint density at radius 2 is 0.718 bits per heavy atom. The molecule has 124 heavy (non-hydrogen) atoms. The summed E-state index contributed by atoms with van der Waals surface area (Å²) in [5.41, 5.74) is 22.5. The van der Waals surface area contributed by atoms with Gasteiger partial charge in [-0.15, -0.1) is 0 Å². The van der Waals surface area contributed by atoms with Crippen LogP contribution >= 0.6 is 41.9 Å². The molecule has 2 saturated heterocycles. The van der Waals surface area contributed by atoms with E-state index < -0.39 is 41.9 Å². The molecule has 0 bridgehead atoms. The van der Waals surface area contributed by atoms with E-state index in [2.05, 4.69) is 301 Å². The fourth-order valence-electron chi connectivity index (χ4n) is 15.0. The van der Waals surface area contributed by atoms with Crippen LogP contribution in [0.25, 0.3) is 0 Å². The average Bonchev–Trinajstić information content (AvgIpc) is 0.796. The maximum absolute atomic E-state index is 11.3. The minimum absolute atomic E-state index is 0.0528. The van der Waals surface area contributed by atoms with Crippen molar-refractivity contribution in [1.82, 2.24) is 0 Å². The number of esters is 2. The highest BCUT2D eigenvalue weighted by Crippen LogP contribution is 2.54. The van der Waals surface area contributed by atoms with Crippen LogP contribution in [0.5, 0.6) is 23.0 Å². The first kappa shape index (κ1) is 102. The predicted octanol–water partition coefficient (Wildman–Crippen LogP) is 26.8. The van der Waals surface area contributed by atoms with Crippen LogP contribution in [-0.4, -0.2) is 64.8 Å². The molecule has 2 heterocycles. The van der Waals surface area contributed by atoms with Gasteiger partial charge < -0.3 is 54.7 Å². The van der Waals surface area contributed by atoms with Crippen LogP contribution in [0.3, 0.4) is 0 Å². The van der Waals surface area contributed by atoms with Crippen LogP contribution in [-0.2, 0) is 93.5 Å². The molecule has 14 nitrogen and oxygen atoms in total. The molecule has 19 heteroatoms. The predicted molar refractivity (Wildman–Crippen MR) is 523 cm³/mol. The molecule has 9 aromatic carbocycles. The summed E-state index contributed by atoms with van der Waals surface area (Å²) in [6.45, 7) is 65.1. The summed E-state index contributed by atoms with van der Waals surface area (Å²) in [6.07, 6.45) is 5.75. The molecular weight excluding hydrogens is 1640 g/mol. The first-order valence-electron chi connectivity index (χ1n) is 44.3. The van der Waals surface area contributed by atoms with Gasteiger partial charge in [-0.25, -0.2) is 0 Å². The number of hydrogen-bond donors (Lipinski definition) is 0. The Kier molecular flexibility index (Phi) is 39.1. The molecule has 1 spiro atoms. The highest BCUT2D eigenvalue weighted by Gasteiger charge is 2.45. The van der Waals surface area contributed by atoms with Crippen molar-refractivity contribution in [3.8, 4) is 23.0 Å². The summed E-state index contributed by atoms with van der Waals surface area (Å²) in [7, 11) is -6.07. The highest BCUT2D eigenvalue weighted by molar-refractivity contribution is 7.57. The molecule has 2 fully saturated rings. The van der Waals surface area contributed by atoms with Crippen molar-refractivity contribution in [2.24, 2.45) is 5.41 Å². The Morgan fingerprint density at radius 1 is 0.363 bits per heavy atom. The zero-order chi connectivity index (χ0) is 91.0. The number of rotatable bonds is 29. The monoisotopic (exact) mass is 1780 g/mol. The third-order valence-electron chi connectivity index (χ3n) is 21.8. The minimum atomic E-state index is -1.44. The van der Waals surface area contributed by atoms with E-state index in [1.165, 1.54) is 111 Å². The second-order valence-corrected chi connectivity index (χ2v) is 44.1. The highest BCUT2D eigenvalue weighted by atomic mass is 31.2. The number of carbonyl (C=O) groups is 2. The van der Waals surface area contributed by atoms with E-state index in [1.54, 1.807) is 13.8 Å². The average molecular weight is 1780 g/mol. The Hall–Kier alpha value is -6.97. The second kappa shape index (κ2) is 47.4. The topological polar surface area (TPSA) is 145 Å². The lowest BCUT2D eigenvalue weighted by Crippen LogP contribution is -2.46. The zero-order valence-electron chi connectivity index (χ0n) is 79.9. The van der Waals surface area contributed by atoms with Crippen molar-refractivity contribution in [3.05, 3.63) is 264 Å². The summed E-state index contributed by atoms with van der Waals surface area (Å²) in [4.78, 5) is 22.7. The van der Waals surface area contributed by atoms with E-state index >= 15 is 0 Å². The Morgan fingerprint density at radius 3 is 1.07 bits per heavy atom. The van der Waals surface area contributed by atoms with Crippen LogP contribution in [0.2, 0.25) is 0 Å². The molecule has 0 aromatic heterocycles. The largest absolute Gasteiger partial charge is 0.466 e. The minimum Gasteiger partial charge on any atom is -0.466 e. The number of ether oxygens (including phenoxy) is 2. The first-order chi connectivity index (χ1) is 58.6. The van der Waals surface area contributed by atoms with Crippen molar-refractivity contribution < 1.29 is 64.3 Å². The normalized spacial score (nSPS) is 15.4. The molecule has 0 radical (unpaired) electrons. The van der Waals surface area contributed by atoms with Gasteiger partial charge >= 0.3 is 28.7 Å². The van der Waals surface area contributed by atoms with Crippen LogP contribution in [0, 0.1) is 74.7 Å². The number of hydrogen-bond acceptors (Lipinski definition) is 14. The van der Waals surface area contributed by atoms with E-state index in [4.69, 9.17) is 54.7 Å². The Labute approximate surface area is 752 Å². The molecule has 0 amide bonds. The Bertz CT molecular complexity index is 4710. The fourth-order valence-corrected chi connectivity index (χ4v) is 22.8. The number of aryl methyl sites for hydroxylation is 14. The maximum Gasteiger partial charge on any atom is 0.326 e. The molecule has 9 aromatic rings. The SMILES string of the molecule is CCOC(=O)CCCOP(OCCCC(=O)OCC)c1ccccc1.CCc1cc(C)c(OP(Oc2c(C)cc(CC)cc2CC)c2ccccc2)c(CC)c1.Cc1cc(C)c(P2OCC3(COP(c4cc(C)c(C)cc4C)OC3)CO2)c(C)c1.Cc1cc(OP(Oc2cc(C)c(C(C)(C)C)cc2C(C)(C)C)c2ccccc2)c(C(C)(C)C)cc1C(C)(C)C. The van der Waals surface area contributed by atoms with E-state index in [-0.39, 0.29) is 39.0 Å². The quantitative estimate of drug-likeness (QED) is 0.0249. The van der Waals surface area contributed by atoms with Gasteiger partial charge in [0.15, 0.2) is 0 Å². The van der Waals surface area contributed by atoms with Gasteiger partial charge in [0.05, 0.1) is 68.9 Å². The van der Waals surface area contributed by atoms with E-state index in [0.29, 0.717) is 78.5 Å². The summed E-state index contributed by atoms with van der Waals surface area (Å²) >= 11 is 0. The van der Waals surface area contributed by atoms with E-state index in [9.17, 15) is 9.59 Å². The lowest BCUT2D eigenvalue weighted by atomic mass is 9.78. The van der Waals surface area contributed by atoms with Gasteiger partial charge in [-0.2, -0.15) is 0 Å². The second-order valence-electron chi connectivity index (χ2n) is 36.7. The standard InChI is InChI=1S/C36H51O2P.C28H35O2P.C23H30O4P2.C18H27O6P/c1-24-20-31(29(35(9,10)11)22-27(24)33(3,4)5)37-39(26-18-16-15-17-19-26)38-32-21-25(2)28(34(6,7)8)23-30(32)36(12,13)14;1-7-22-16-20(5)27(24(9-3)18-22)29-31(26-14-12-11-13-15-26)30-28-21(6)17-23(8-2)19-25(28)10-4;1-15-7-19(5)22(20(6)8-15)29-26-13-23(14-27-29)11-24-28(25-12-23)21-10-17(3)16(2)9-18(21)4;1-3-21-17(19)12-8-14-23-25(16-10-6-5-7-11-16)24-15-9-13-18(20)22-4-2/h15-23H,1-14H3;11-19H,7-10H2,1-6H3;7-10H,11-14H2,1-6H3;5-7,10-11H,3-4,8-9,12-15H2,1-2H3. The molecular formula is C105H143O14P5. The molecule has 11 rings (SSSR count). The summed E-state index contributed by atoms with van der Waals surface area (Å²) < 4.78 is 73.7. The number of carbonyl (C=O) groups excluding carboxylic acids is 2. The Balaban J connectivity index is 0.000000208. The molecule has 0 aliphatic carbocycles. The van der Waals surface area contributed by atoms with Crippen molar-refractivity contribution in [2.45, 2.75) is 267 Å². The molecule has 2 aliphatic rings. The van der Waals surface area contributed by atoms with Crippen LogP contribution in [0.4, 0.5) is 0 Å². The van der Waals surface area contributed by atoms with Crippen molar-refractivity contribution in [3.63, 3.8) is 0 Å². The van der Waals surface area contributed by atoms with Gasteiger partial charge in [0.2, 0.25) is 25.1 Å².